The summed E-state index contributed by atoms with van der Waals surface area (Å²) in [4.78, 5) is 12.6. The summed E-state index contributed by atoms with van der Waals surface area (Å²) < 4.78 is 5.16. The van der Waals surface area contributed by atoms with E-state index in [1.54, 1.807) is 19.2 Å². The quantitative estimate of drug-likeness (QED) is 0.847. The largest absolute Gasteiger partial charge is 0.495 e. The van der Waals surface area contributed by atoms with E-state index in [0.717, 1.165) is 24.1 Å². The number of carbonyl (C=O) groups excluding carboxylic acids is 1. The van der Waals surface area contributed by atoms with Crippen molar-refractivity contribution < 1.29 is 9.53 Å². The van der Waals surface area contributed by atoms with E-state index in [1.165, 1.54) is 0 Å². The molecule has 0 radical (unpaired) electrons. The van der Waals surface area contributed by atoms with Gasteiger partial charge in [-0.05, 0) is 36.6 Å². The Bertz CT molecular complexity index is 687. The maximum atomic E-state index is 12.6. The summed E-state index contributed by atoms with van der Waals surface area (Å²) in [5, 5.41) is 6.83. The predicted molar refractivity (Wildman–Crippen MR) is 92.0 cm³/mol. The Morgan fingerprint density at radius 3 is 2.57 bits per heavy atom. The van der Waals surface area contributed by atoms with E-state index in [-0.39, 0.29) is 5.91 Å². The molecule has 0 heterocycles. The van der Waals surface area contributed by atoms with Crippen LogP contribution in [0.1, 0.15) is 24.4 Å². The van der Waals surface area contributed by atoms with Gasteiger partial charge in [-0.3, -0.25) is 4.79 Å². The fraction of sp³-hybridized carbons (Fsp3) is 0.278. The van der Waals surface area contributed by atoms with Gasteiger partial charge in [-0.25, -0.2) is 0 Å². The molecule has 0 spiro atoms. The number of halogens is 1. The lowest BCUT2D eigenvalue weighted by molar-refractivity contribution is -0.122. The molecule has 1 aliphatic rings. The first-order chi connectivity index (χ1) is 11.2. The molecule has 1 amide bonds. The van der Waals surface area contributed by atoms with Crippen molar-refractivity contribution >= 4 is 23.2 Å². The molecule has 1 aliphatic carbocycles. The van der Waals surface area contributed by atoms with Gasteiger partial charge >= 0.3 is 0 Å². The van der Waals surface area contributed by atoms with Crippen LogP contribution < -0.4 is 15.4 Å². The van der Waals surface area contributed by atoms with Crippen LogP contribution in [0, 0.1) is 0 Å². The average molecular weight is 331 g/mol. The first-order valence-electron chi connectivity index (χ1n) is 7.63. The number of anilines is 1. The second kappa shape index (κ2) is 6.92. The molecule has 2 aromatic rings. The van der Waals surface area contributed by atoms with Crippen LogP contribution in [0.15, 0.2) is 48.5 Å². The molecule has 2 aromatic carbocycles. The average Bonchev–Trinajstić information content (AvgIpc) is 3.37. The summed E-state index contributed by atoms with van der Waals surface area (Å²) in [7, 11) is 1.57. The smallest absolute Gasteiger partial charge is 0.247 e. The van der Waals surface area contributed by atoms with Gasteiger partial charge in [-0.15, -0.1) is 0 Å². The van der Waals surface area contributed by atoms with E-state index < -0.39 is 6.04 Å². The van der Waals surface area contributed by atoms with Crippen molar-refractivity contribution in [1.29, 1.82) is 0 Å². The minimum Gasteiger partial charge on any atom is -0.495 e. The first kappa shape index (κ1) is 15.7. The van der Waals surface area contributed by atoms with Crippen LogP contribution in [0.2, 0.25) is 5.02 Å². The van der Waals surface area contributed by atoms with Crippen LogP contribution in [0.4, 0.5) is 5.69 Å². The minimum atomic E-state index is -0.457. The highest BCUT2D eigenvalue weighted by Gasteiger charge is 2.28. The molecule has 1 saturated carbocycles. The zero-order valence-electron chi connectivity index (χ0n) is 12.9. The molecule has 1 fully saturated rings. The Hall–Kier alpha value is -2.20. The number of hydrogen-bond donors (Lipinski definition) is 2. The third-order valence-corrected chi connectivity index (χ3v) is 4.08. The summed E-state index contributed by atoms with van der Waals surface area (Å²) >= 11 is 6.17. The van der Waals surface area contributed by atoms with Gasteiger partial charge in [-0.2, -0.15) is 0 Å². The Balaban J connectivity index is 1.83. The number of nitrogens with one attached hydrogen (secondary N) is 2. The van der Waals surface area contributed by atoms with Crippen LogP contribution in [0.25, 0.3) is 0 Å². The van der Waals surface area contributed by atoms with Crippen molar-refractivity contribution in [2.24, 2.45) is 0 Å². The number of carbonyl (C=O) groups is 1. The number of ether oxygens (including phenoxy) is 1. The van der Waals surface area contributed by atoms with Crippen molar-refractivity contribution in [3.63, 3.8) is 0 Å². The highest BCUT2D eigenvalue weighted by atomic mass is 35.5. The number of hydrogen-bond acceptors (Lipinski definition) is 3. The van der Waals surface area contributed by atoms with E-state index in [9.17, 15) is 4.79 Å². The maximum Gasteiger partial charge on any atom is 0.247 e. The molecule has 1 unspecified atom stereocenters. The molecular weight excluding hydrogens is 312 g/mol. The summed E-state index contributed by atoms with van der Waals surface area (Å²) in [5.74, 6) is 0.585. The lowest BCUT2D eigenvalue weighted by atomic mass is 10.1. The molecule has 2 N–H and O–H groups in total. The van der Waals surface area contributed by atoms with Crippen molar-refractivity contribution in [3.05, 3.63) is 59.1 Å². The van der Waals surface area contributed by atoms with Gasteiger partial charge in [0, 0.05) is 11.7 Å². The topological polar surface area (TPSA) is 50.4 Å². The Labute approximate surface area is 140 Å². The predicted octanol–water partition coefficient (Wildman–Crippen LogP) is 3.78. The second-order valence-electron chi connectivity index (χ2n) is 5.62. The van der Waals surface area contributed by atoms with Gasteiger partial charge in [-0.1, -0.05) is 41.9 Å². The highest BCUT2D eigenvalue weighted by molar-refractivity contribution is 6.32. The molecule has 0 bridgehead atoms. The fourth-order valence-electron chi connectivity index (χ4n) is 2.38. The first-order valence-corrected chi connectivity index (χ1v) is 8.00. The van der Waals surface area contributed by atoms with E-state index >= 15 is 0 Å². The van der Waals surface area contributed by atoms with Gasteiger partial charge in [0.15, 0.2) is 0 Å². The molecule has 0 aromatic heterocycles. The van der Waals surface area contributed by atoms with Gasteiger partial charge in [0.1, 0.15) is 11.8 Å². The highest BCUT2D eigenvalue weighted by Crippen LogP contribution is 2.30. The van der Waals surface area contributed by atoms with Crippen molar-refractivity contribution in [3.8, 4) is 5.75 Å². The van der Waals surface area contributed by atoms with Crippen LogP contribution in [0.3, 0.4) is 0 Å². The summed E-state index contributed by atoms with van der Waals surface area (Å²) in [5.41, 5.74) is 1.69. The molecular formula is C18H19ClN2O2. The number of amides is 1. The third kappa shape index (κ3) is 3.96. The van der Waals surface area contributed by atoms with Gasteiger partial charge in [0.05, 0.1) is 12.1 Å². The van der Waals surface area contributed by atoms with Gasteiger partial charge in [0.25, 0.3) is 0 Å². The van der Waals surface area contributed by atoms with Crippen LogP contribution in [-0.2, 0) is 4.79 Å². The maximum absolute atomic E-state index is 12.6. The van der Waals surface area contributed by atoms with Gasteiger partial charge in [0.2, 0.25) is 5.91 Å². The lowest BCUT2D eigenvalue weighted by Gasteiger charge is -2.20. The number of benzene rings is 2. The van der Waals surface area contributed by atoms with Crippen LogP contribution in [-0.4, -0.2) is 19.1 Å². The SMILES string of the molecule is COc1ccc(NC(C(=O)NC2CC2)c2ccccc2)cc1Cl. The lowest BCUT2D eigenvalue weighted by Crippen LogP contribution is -2.34. The molecule has 3 rings (SSSR count). The summed E-state index contributed by atoms with van der Waals surface area (Å²) in [6.07, 6.45) is 2.11. The van der Waals surface area contributed by atoms with E-state index in [2.05, 4.69) is 10.6 Å². The van der Waals surface area contributed by atoms with Crippen molar-refractivity contribution in [1.82, 2.24) is 5.32 Å². The normalized spacial score (nSPS) is 14.9. The Morgan fingerprint density at radius 2 is 1.96 bits per heavy atom. The number of rotatable bonds is 6. The number of methoxy groups -OCH3 is 1. The monoisotopic (exact) mass is 330 g/mol. The minimum absolute atomic E-state index is 0.0226. The fourth-order valence-corrected chi connectivity index (χ4v) is 2.64. The third-order valence-electron chi connectivity index (χ3n) is 3.78. The van der Waals surface area contributed by atoms with Crippen molar-refractivity contribution in [2.45, 2.75) is 24.9 Å². The molecule has 4 nitrogen and oxygen atoms in total. The standard InChI is InChI=1S/C18H19ClN2O2/c1-23-16-10-9-14(11-15(16)19)20-17(12-5-3-2-4-6-12)18(22)21-13-7-8-13/h2-6,9-11,13,17,20H,7-8H2,1H3,(H,21,22). The van der Waals surface area contributed by atoms with E-state index in [0.29, 0.717) is 16.8 Å². The molecule has 0 aliphatic heterocycles. The molecule has 120 valence electrons. The molecule has 0 saturated heterocycles. The van der Waals surface area contributed by atoms with E-state index in [4.69, 9.17) is 16.3 Å². The zero-order valence-corrected chi connectivity index (χ0v) is 13.6. The Kier molecular flexibility index (Phi) is 4.72. The van der Waals surface area contributed by atoms with E-state index in [1.807, 2.05) is 36.4 Å². The molecule has 5 heteroatoms. The zero-order chi connectivity index (χ0) is 16.2. The Morgan fingerprint density at radius 1 is 1.22 bits per heavy atom. The summed E-state index contributed by atoms with van der Waals surface area (Å²) in [6, 6.07) is 14.9. The van der Waals surface area contributed by atoms with Crippen molar-refractivity contribution in [2.75, 3.05) is 12.4 Å². The molecule has 1 atom stereocenters. The van der Waals surface area contributed by atoms with Gasteiger partial charge < -0.3 is 15.4 Å². The molecule has 23 heavy (non-hydrogen) atoms. The second-order valence-corrected chi connectivity index (χ2v) is 6.03. The van der Waals surface area contributed by atoms with Crippen LogP contribution >= 0.6 is 11.6 Å². The van der Waals surface area contributed by atoms with Crippen LogP contribution in [0.5, 0.6) is 5.75 Å². The summed E-state index contributed by atoms with van der Waals surface area (Å²) in [6.45, 7) is 0.